The summed E-state index contributed by atoms with van der Waals surface area (Å²) in [6.45, 7) is 8.36. The molecule has 2 aliphatic heterocycles. The van der Waals surface area contributed by atoms with E-state index in [1.165, 1.54) is 0 Å². The normalized spacial score (nSPS) is 23.3. The molecule has 172 valence electrons. The Kier molecular flexibility index (Phi) is 8.46. The highest BCUT2D eigenvalue weighted by Crippen LogP contribution is 2.27. The summed E-state index contributed by atoms with van der Waals surface area (Å²) in [5.74, 6) is -0.593. The Hall–Kier alpha value is -1.96. The van der Waals surface area contributed by atoms with Crippen LogP contribution in [-0.2, 0) is 30.4 Å². The van der Waals surface area contributed by atoms with E-state index in [9.17, 15) is 9.59 Å². The maximum absolute atomic E-state index is 13.1. The Morgan fingerprint density at radius 1 is 1.10 bits per heavy atom. The summed E-state index contributed by atoms with van der Waals surface area (Å²) in [7, 11) is 0. The van der Waals surface area contributed by atoms with Gasteiger partial charge < -0.3 is 19.5 Å². The number of ether oxygens (including phenoxy) is 3. The standard InChI is InChI=1S/C24H36N2O5/c1-24(2,3)31-22(27)17-29-20-11-14-26(19-9-12-25-13-10-19)21(15-20)23(28)30-16-18-7-5-4-6-8-18/h4-8,19-21,25H,9-17H2,1-3H3. The third kappa shape index (κ3) is 7.59. The molecule has 0 radical (unpaired) electrons. The van der Waals surface area contributed by atoms with Crippen LogP contribution in [0.3, 0.4) is 0 Å². The van der Waals surface area contributed by atoms with E-state index in [1.807, 2.05) is 51.1 Å². The van der Waals surface area contributed by atoms with Crippen LogP contribution < -0.4 is 5.32 Å². The molecule has 0 spiro atoms. The van der Waals surface area contributed by atoms with Gasteiger partial charge in [0.05, 0.1) is 6.10 Å². The van der Waals surface area contributed by atoms with Crippen LogP contribution >= 0.6 is 0 Å². The van der Waals surface area contributed by atoms with Crippen molar-refractivity contribution in [1.82, 2.24) is 10.2 Å². The van der Waals surface area contributed by atoms with Crippen molar-refractivity contribution in [2.75, 3.05) is 26.2 Å². The number of carbonyl (C=O) groups excluding carboxylic acids is 2. The SMILES string of the molecule is CC(C)(C)OC(=O)COC1CCN(C2CCNCC2)C(C(=O)OCc2ccccc2)C1. The van der Waals surface area contributed by atoms with Gasteiger partial charge in [-0.2, -0.15) is 0 Å². The smallest absolute Gasteiger partial charge is 0.332 e. The minimum Gasteiger partial charge on any atom is -0.460 e. The summed E-state index contributed by atoms with van der Waals surface area (Å²) in [5, 5.41) is 3.39. The third-order valence-electron chi connectivity index (χ3n) is 5.73. The van der Waals surface area contributed by atoms with Crippen LogP contribution in [0.5, 0.6) is 0 Å². The van der Waals surface area contributed by atoms with Gasteiger partial charge in [-0.1, -0.05) is 30.3 Å². The molecule has 1 aromatic rings. The van der Waals surface area contributed by atoms with Gasteiger partial charge in [0, 0.05) is 12.6 Å². The minimum atomic E-state index is -0.539. The lowest BCUT2D eigenvalue weighted by Crippen LogP contribution is -2.56. The zero-order valence-electron chi connectivity index (χ0n) is 19.0. The number of likely N-dealkylation sites (tertiary alicyclic amines) is 1. The van der Waals surface area contributed by atoms with Crippen LogP contribution in [-0.4, -0.2) is 66.9 Å². The molecule has 2 aliphatic rings. The molecule has 2 saturated heterocycles. The van der Waals surface area contributed by atoms with Crippen molar-refractivity contribution >= 4 is 11.9 Å². The number of benzene rings is 1. The van der Waals surface area contributed by atoms with E-state index in [0.717, 1.165) is 44.5 Å². The number of nitrogens with zero attached hydrogens (tertiary/aromatic N) is 1. The van der Waals surface area contributed by atoms with E-state index in [-0.39, 0.29) is 37.3 Å². The second kappa shape index (κ2) is 11.1. The van der Waals surface area contributed by atoms with Crippen molar-refractivity contribution < 1.29 is 23.8 Å². The topological polar surface area (TPSA) is 77.1 Å². The second-order valence-electron chi connectivity index (χ2n) is 9.37. The summed E-state index contributed by atoms with van der Waals surface area (Å²) in [6, 6.07) is 9.72. The molecular formula is C24H36N2O5. The second-order valence-corrected chi connectivity index (χ2v) is 9.37. The number of hydrogen-bond acceptors (Lipinski definition) is 7. The first-order valence-corrected chi connectivity index (χ1v) is 11.3. The van der Waals surface area contributed by atoms with Gasteiger partial charge in [-0.15, -0.1) is 0 Å². The lowest BCUT2D eigenvalue weighted by Gasteiger charge is -2.43. The van der Waals surface area contributed by atoms with Gasteiger partial charge in [0.1, 0.15) is 24.9 Å². The molecule has 31 heavy (non-hydrogen) atoms. The average molecular weight is 433 g/mol. The Balaban J connectivity index is 1.59. The van der Waals surface area contributed by atoms with E-state index >= 15 is 0 Å². The summed E-state index contributed by atoms with van der Waals surface area (Å²) >= 11 is 0. The van der Waals surface area contributed by atoms with Crippen molar-refractivity contribution in [1.29, 1.82) is 0 Å². The third-order valence-corrected chi connectivity index (χ3v) is 5.73. The average Bonchev–Trinajstić information content (AvgIpc) is 2.76. The van der Waals surface area contributed by atoms with E-state index < -0.39 is 5.60 Å². The van der Waals surface area contributed by atoms with Crippen LogP contribution in [0, 0.1) is 0 Å². The molecule has 2 atom stereocenters. The number of hydrogen-bond donors (Lipinski definition) is 1. The molecule has 2 unspecified atom stereocenters. The van der Waals surface area contributed by atoms with E-state index in [2.05, 4.69) is 10.2 Å². The summed E-state index contributed by atoms with van der Waals surface area (Å²) in [6.07, 6.45) is 3.19. The monoisotopic (exact) mass is 432 g/mol. The summed E-state index contributed by atoms with van der Waals surface area (Å²) in [4.78, 5) is 27.4. The van der Waals surface area contributed by atoms with Gasteiger partial charge in [0.25, 0.3) is 0 Å². The predicted octanol–water partition coefficient (Wildman–Crippen LogP) is 2.67. The van der Waals surface area contributed by atoms with Crippen molar-refractivity contribution in [3.63, 3.8) is 0 Å². The Morgan fingerprint density at radius 3 is 2.48 bits per heavy atom. The lowest BCUT2D eigenvalue weighted by atomic mass is 9.94. The molecule has 3 rings (SSSR count). The molecule has 2 heterocycles. The van der Waals surface area contributed by atoms with E-state index in [1.54, 1.807) is 0 Å². The zero-order valence-corrected chi connectivity index (χ0v) is 19.0. The van der Waals surface area contributed by atoms with Crippen molar-refractivity contribution in [2.45, 2.75) is 76.9 Å². The number of rotatable bonds is 7. The van der Waals surface area contributed by atoms with Crippen LogP contribution in [0.15, 0.2) is 30.3 Å². The first kappa shape index (κ1) is 23.7. The first-order chi connectivity index (χ1) is 14.8. The Bertz CT molecular complexity index is 712. The van der Waals surface area contributed by atoms with Crippen molar-refractivity contribution in [2.24, 2.45) is 0 Å². The zero-order chi connectivity index (χ0) is 22.3. The lowest BCUT2D eigenvalue weighted by molar-refractivity contribution is -0.166. The molecule has 0 bridgehead atoms. The molecule has 7 heteroatoms. The van der Waals surface area contributed by atoms with Gasteiger partial charge in [-0.25, -0.2) is 4.79 Å². The molecule has 0 amide bonds. The quantitative estimate of drug-likeness (QED) is 0.664. The number of piperidine rings is 2. The largest absolute Gasteiger partial charge is 0.460 e. The van der Waals surface area contributed by atoms with Crippen molar-refractivity contribution in [3.8, 4) is 0 Å². The molecule has 0 aliphatic carbocycles. The van der Waals surface area contributed by atoms with Crippen LogP contribution in [0.4, 0.5) is 0 Å². The fourth-order valence-electron chi connectivity index (χ4n) is 4.29. The first-order valence-electron chi connectivity index (χ1n) is 11.3. The maximum Gasteiger partial charge on any atom is 0.332 e. The number of esters is 2. The fraction of sp³-hybridized carbons (Fsp3) is 0.667. The fourth-order valence-corrected chi connectivity index (χ4v) is 4.29. The Labute approximate surface area is 185 Å². The van der Waals surface area contributed by atoms with Crippen LogP contribution in [0.2, 0.25) is 0 Å². The molecule has 7 nitrogen and oxygen atoms in total. The molecular weight excluding hydrogens is 396 g/mol. The van der Waals surface area contributed by atoms with Gasteiger partial charge >= 0.3 is 11.9 Å². The number of nitrogens with one attached hydrogen (secondary N) is 1. The Morgan fingerprint density at radius 2 is 1.81 bits per heavy atom. The van der Waals surface area contributed by atoms with Crippen LogP contribution in [0.1, 0.15) is 52.0 Å². The molecule has 1 N–H and O–H groups in total. The van der Waals surface area contributed by atoms with E-state index in [0.29, 0.717) is 12.5 Å². The molecule has 2 fully saturated rings. The van der Waals surface area contributed by atoms with Crippen molar-refractivity contribution in [3.05, 3.63) is 35.9 Å². The molecule has 0 aromatic heterocycles. The summed E-state index contributed by atoms with van der Waals surface area (Å²) in [5.41, 5.74) is 0.431. The maximum atomic E-state index is 13.1. The van der Waals surface area contributed by atoms with Gasteiger partial charge in [0.15, 0.2) is 0 Å². The van der Waals surface area contributed by atoms with Crippen LogP contribution in [0.25, 0.3) is 0 Å². The highest BCUT2D eigenvalue weighted by atomic mass is 16.6. The molecule has 1 aromatic carbocycles. The van der Waals surface area contributed by atoms with Gasteiger partial charge in [-0.05, 0) is 65.1 Å². The van der Waals surface area contributed by atoms with Gasteiger partial charge in [0.2, 0.25) is 0 Å². The summed E-state index contributed by atoms with van der Waals surface area (Å²) < 4.78 is 16.9. The van der Waals surface area contributed by atoms with Gasteiger partial charge in [-0.3, -0.25) is 9.69 Å². The predicted molar refractivity (Wildman–Crippen MR) is 117 cm³/mol. The van der Waals surface area contributed by atoms with E-state index in [4.69, 9.17) is 14.2 Å². The highest BCUT2D eigenvalue weighted by molar-refractivity contribution is 5.76. The number of carbonyl (C=O) groups is 2. The highest BCUT2D eigenvalue weighted by Gasteiger charge is 2.39. The molecule has 0 saturated carbocycles. The minimum absolute atomic E-state index is 0.0962.